The second kappa shape index (κ2) is 11.9. The van der Waals surface area contributed by atoms with Gasteiger partial charge in [-0.15, -0.1) is 11.8 Å². The van der Waals surface area contributed by atoms with Crippen LogP contribution in [-0.2, 0) is 6.54 Å². The molecule has 5 rings (SSSR count). The monoisotopic (exact) mass is 565 g/mol. The lowest BCUT2D eigenvalue weighted by molar-refractivity contribution is 0.0937. The molecule has 1 atom stereocenters. The lowest BCUT2D eigenvalue weighted by Crippen LogP contribution is -2.16. The Labute approximate surface area is 244 Å². The number of hydrogen-bond acceptors (Lipinski definition) is 3. The highest BCUT2D eigenvalue weighted by molar-refractivity contribution is 7.99. The van der Waals surface area contributed by atoms with Crippen molar-refractivity contribution in [3.63, 3.8) is 0 Å². The maximum atomic E-state index is 13.8. The summed E-state index contributed by atoms with van der Waals surface area (Å²) in [4.78, 5) is 28.3. The number of fused-ring (bicyclic) bond motifs is 3. The Morgan fingerprint density at radius 2 is 1.52 bits per heavy atom. The molecule has 4 aromatic carbocycles. The fraction of sp³-hybridized carbons (Fsp3) is 0.200. The summed E-state index contributed by atoms with van der Waals surface area (Å²) in [7, 11) is 0. The van der Waals surface area contributed by atoms with Crippen molar-refractivity contribution < 1.29 is 9.59 Å². The Morgan fingerprint density at radius 1 is 0.900 bits per heavy atom. The molecule has 1 heterocycles. The van der Waals surface area contributed by atoms with E-state index in [0.29, 0.717) is 28.1 Å². The van der Waals surface area contributed by atoms with Crippen LogP contribution in [0.5, 0.6) is 0 Å². The third kappa shape index (κ3) is 5.52. The number of ketones is 2. The third-order valence-corrected chi connectivity index (χ3v) is 8.82. The van der Waals surface area contributed by atoms with E-state index in [1.54, 1.807) is 11.8 Å². The molecule has 1 unspecified atom stereocenters. The predicted octanol–water partition coefficient (Wildman–Crippen LogP) is 9.56. The van der Waals surface area contributed by atoms with Crippen LogP contribution in [0.1, 0.15) is 52.1 Å². The molecule has 0 aliphatic heterocycles. The second-order valence-electron chi connectivity index (χ2n) is 10.2. The van der Waals surface area contributed by atoms with Crippen LogP contribution in [-0.4, -0.2) is 21.9 Å². The molecule has 5 heteroatoms. The lowest BCUT2D eigenvalue weighted by atomic mass is 9.89. The van der Waals surface area contributed by atoms with Crippen LogP contribution in [0.2, 0.25) is 5.02 Å². The molecule has 1 aromatic heterocycles. The molecule has 0 aliphatic carbocycles. The summed E-state index contributed by atoms with van der Waals surface area (Å²) in [6.45, 7) is 10.9. The Hall–Kier alpha value is -3.60. The van der Waals surface area contributed by atoms with Gasteiger partial charge in [0.05, 0.1) is 0 Å². The minimum absolute atomic E-state index is 0.00478. The molecule has 0 bridgehead atoms. The first-order valence-corrected chi connectivity index (χ1v) is 14.9. The van der Waals surface area contributed by atoms with Crippen LogP contribution < -0.4 is 0 Å². The van der Waals surface area contributed by atoms with E-state index in [-0.39, 0.29) is 17.5 Å². The van der Waals surface area contributed by atoms with Gasteiger partial charge in [-0.1, -0.05) is 48.0 Å². The first-order valence-electron chi connectivity index (χ1n) is 13.5. The first kappa shape index (κ1) is 27.9. The van der Waals surface area contributed by atoms with Gasteiger partial charge in [-0.05, 0) is 99.2 Å². The van der Waals surface area contributed by atoms with E-state index in [1.165, 1.54) is 0 Å². The number of carbonyl (C=O) groups excluding carboxylic acids is 2. The van der Waals surface area contributed by atoms with E-state index in [0.717, 1.165) is 50.1 Å². The van der Waals surface area contributed by atoms with Gasteiger partial charge in [0.25, 0.3) is 0 Å². The molecule has 0 N–H and O–H groups in total. The molecule has 0 saturated heterocycles. The highest BCUT2D eigenvalue weighted by Crippen LogP contribution is 2.33. The molecule has 0 spiro atoms. The molecule has 0 amide bonds. The number of aromatic nitrogens is 1. The third-order valence-electron chi connectivity index (χ3n) is 7.52. The highest BCUT2D eigenvalue weighted by Gasteiger charge is 2.23. The quantitative estimate of drug-likeness (QED) is 0.0961. The topological polar surface area (TPSA) is 39.1 Å². The summed E-state index contributed by atoms with van der Waals surface area (Å²) >= 11 is 7.72. The molecule has 0 aliphatic rings. The minimum Gasteiger partial charge on any atom is -0.341 e. The normalized spacial score (nSPS) is 12.1. The van der Waals surface area contributed by atoms with Crippen LogP contribution in [0, 0.1) is 12.8 Å². The number of hydrogen-bond donors (Lipinski definition) is 0. The molecule has 40 heavy (non-hydrogen) atoms. The van der Waals surface area contributed by atoms with Crippen molar-refractivity contribution >= 4 is 56.7 Å². The number of benzene rings is 4. The molecular formula is C35H32ClNO2S. The Kier molecular flexibility index (Phi) is 8.30. The highest BCUT2D eigenvalue weighted by atomic mass is 35.5. The van der Waals surface area contributed by atoms with E-state index in [4.69, 9.17) is 11.6 Å². The Bertz CT molecular complexity index is 1750. The van der Waals surface area contributed by atoms with Gasteiger partial charge in [-0.2, -0.15) is 0 Å². The van der Waals surface area contributed by atoms with Crippen LogP contribution in [0.4, 0.5) is 0 Å². The van der Waals surface area contributed by atoms with Gasteiger partial charge in [0.15, 0.2) is 11.6 Å². The Morgan fingerprint density at radius 3 is 2.15 bits per heavy atom. The second-order valence-corrected chi connectivity index (χ2v) is 11.8. The first-order chi connectivity index (χ1) is 19.3. The lowest BCUT2D eigenvalue weighted by Gasteiger charge is -2.16. The van der Waals surface area contributed by atoms with Crippen LogP contribution in [0.3, 0.4) is 0 Å². The molecule has 202 valence electrons. The number of thioether (sulfide) groups is 1. The maximum Gasteiger partial charge on any atom is 0.193 e. The number of aryl methyl sites for hydroxylation is 2. The predicted molar refractivity (Wildman–Crippen MR) is 169 cm³/mol. The molecular weight excluding hydrogens is 534 g/mol. The number of nitrogens with zero attached hydrogens (tertiary/aromatic N) is 1. The summed E-state index contributed by atoms with van der Waals surface area (Å²) in [5.41, 5.74) is 5.95. The summed E-state index contributed by atoms with van der Waals surface area (Å²) in [5.74, 6) is 0.614. The zero-order chi connectivity index (χ0) is 28.4. The van der Waals surface area contributed by atoms with Gasteiger partial charge in [0, 0.05) is 60.9 Å². The number of Topliss-reactive ketones (excluding diaryl/α,β-unsaturated/α-hetero) is 1. The summed E-state index contributed by atoms with van der Waals surface area (Å²) in [5, 5.41) is 2.68. The number of allylic oxidation sites excluding steroid dienone is 1. The molecule has 0 radical (unpaired) electrons. The van der Waals surface area contributed by atoms with E-state index in [1.807, 2.05) is 98.8 Å². The Balaban J connectivity index is 1.48. The van der Waals surface area contributed by atoms with E-state index < -0.39 is 0 Å². The fourth-order valence-corrected chi connectivity index (χ4v) is 6.39. The van der Waals surface area contributed by atoms with Gasteiger partial charge < -0.3 is 4.57 Å². The maximum absolute atomic E-state index is 13.8. The fourth-order valence-electron chi connectivity index (χ4n) is 5.35. The number of halogens is 1. The summed E-state index contributed by atoms with van der Waals surface area (Å²) < 4.78 is 2.24. The van der Waals surface area contributed by atoms with Crippen LogP contribution in [0.25, 0.3) is 21.8 Å². The van der Waals surface area contributed by atoms with Crippen LogP contribution >= 0.6 is 23.4 Å². The van der Waals surface area contributed by atoms with Gasteiger partial charge in [0.1, 0.15) is 0 Å². The minimum atomic E-state index is -0.269. The van der Waals surface area contributed by atoms with Gasteiger partial charge in [-0.25, -0.2) is 0 Å². The van der Waals surface area contributed by atoms with Gasteiger partial charge in [0.2, 0.25) is 0 Å². The van der Waals surface area contributed by atoms with Crippen molar-refractivity contribution in [1.82, 2.24) is 4.57 Å². The standard InChI is InChI=1S/C35H32ClNO2S/c1-5-37-32-16-10-24(34(38)28(22(2)3)18-19-40-27-14-12-26(36)13-15-27)20-30(32)31-21-25(11-17-33(31)37)35(39)29-9-7-6-8-23(29)4/h6-17,20-21,28H,2,5,18-19H2,1,3-4H3. The smallest absolute Gasteiger partial charge is 0.193 e. The van der Waals surface area contributed by atoms with E-state index >= 15 is 0 Å². The van der Waals surface area contributed by atoms with Crippen molar-refractivity contribution in [2.75, 3.05) is 5.75 Å². The van der Waals surface area contributed by atoms with Crippen molar-refractivity contribution in [2.24, 2.45) is 5.92 Å². The number of rotatable bonds is 10. The average molecular weight is 566 g/mol. The average Bonchev–Trinajstić information content (AvgIpc) is 3.28. The molecule has 0 saturated carbocycles. The SMILES string of the molecule is C=C(C)C(CCSc1ccc(Cl)cc1)C(=O)c1ccc2c(c1)c1cc(C(=O)c3ccccc3C)ccc1n2CC. The van der Waals surface area contributed by atoms with Gasteiger partial charge in [-0.3, -0.25) is 9.59 Å². The zero-order valence-electron chi connectivity index (χ0n) is 23.0. The van der Waals surface area contributed by atoms with E-state index in [9.17, 15) is 9.59 Å². The molecule has 3 nitrogen and oxygen atoms in total. The molecule has 0 fully saturated rings. The van der Waals surface area contributed by atoms with Crippen molar-refractivity contribution in [2.45, 2.75) is 38.6 Å². The van der Waals surface area contributed by atoms with Crippen molar-refractivity contribution in [3.05, 3.63) is 124 Å². The van der Waals surface area contributed by atoms with Crippen molar-refractivity contribution in [1.29, 1.82) is 0 Å². The largest absolute Gasteiger partial charge is 0.341 e. The van der Waals surface area contributed by atoms with Crippen molar-refractivity contribution in [3.8, 4) is 0 Å². The number of carbonyl (C=O) groups is 2. The van der Waals surface area contributed by atoms with E-state index in [2.05, 4.69) is 18.1 Å². The summed E-state index contributed by atoms with van der Waals surface area (Å²) in [6.07, 6.45) is 0.700. The van der Waals surface area contributed by atoms with Gasteiger partial charge >= 0.3 is 0 Å². The van der Waals surface area contributed by atoms with Crippen LogP contribution in [0.15, 0.2) is 102 Å². The zero-order valence-corrected chi connectivity index (χ0v) is 24.6. The molecule has 5 aromatic rings. The summed E-state index contributed by atoms with van der Waals surface area (Å²) in [6, 6.07) is 27.3.